The molecule has 0 radical (unpaired) electrons. The van der Waals surface area contributed by atoms with Gasteiger partial charge in [0.2, 0.25) is 0 Å². The van der Waals surface area contributed by atoms with Crippen LogP contribution in [0.3, 0.4) is 0 Å². The molecule has 3 rings (SSSR count). The van der Waals surface area contributed by atoms with E-state index in [0.717, 1.165) is 17.8 Å². The summed E-state index contributed by atoms with van der Waals surface area (Å²) in [6.07, 6.45) is 15.0. The molecule has 0 amide bonds. The second-order valence-corrected chi connectivity index (χ2v) is 9.60. The predicted octanol–water partition coefficient (Wildman–Crippen LogP) is 6.78. The van der Waals surface area contributed by atoms with Crippen molar-refractivity contribution in [1.29, 1.82) is 0 Å². The van der Waals surface area contributed by atoms with Gasteiger partial charge in [0.05, 0.1) is 5.71 Å². The van der Waals surface area contributed by atoms with Crippen molar-refractivity contribution in [3.8, 4) is 0 Å². The van der Waals surface area contributed by atoms with E-state index in [9.17, 15) is 0 Å². The van der Waals surface area contributed by atoms with Crippen molar-refractivity contribution in [2.24, 2.45) is 39.7 Å². The molecule has 0 aromatic rings. The zero-order valence-corrected chi connectivity index (χ0v) is 17.7. The van der Waals surface area contributed by atoms with Crippen LogP contribution in [0.1, 0.15) is 79.1 Å². The molecule has 0 aromatic heterocycles. The van der Waals surface area contributed by atoms with Crippen LogP contribution in [-0.4, -0.2) is 12.8 Å². The minimum Gasteiger partial charge on any atom is -0.399 e. The first-order valence-corrected chi connectivity index (χ1v) is 10.8. The molecule has 0 saturated heterocycles. The quantitative estimate of drug-likeness (QED) is 0.392. The van der Waals surface area contributed by atoms with Gasteiger partial charge in [-0.1, -0.05) is 56.7 Å². The molecule has 26 heavy (non-hydrogen) atoms. The Kier molecular flexibility index (Phi) is 5.70. The Morgan fingerprint density at radius 1 is 1.23 bits per heavy atom. The van der Waals surface area contributed by atoms with E-state index in [4.69, 9.17) is 4.84 Å². The van der Waals surface area contributed by atoms with Gasteiger partial charge in [-0.25, -0.2) is 0 Å². The third-order valence-electron chi connectivity index (χ3n) is 8.56. The molecule has 3 fully saturated rings. The third kappa shape index (κ3) is 2.98. The van der Waals surface area contributed by atoms with Gasteiger partial charge in [-0.15, -0.1) is 0 Å². The lowest BCUT2D eigenvalue weighted by Crippen LogP contribution is -2.50. The molecule has 0 aliphatic heterocycles. The molecular weight excluding hydrogens is 318 g/mol. The summed E-state index contributed by atoms with van der Waals surface area (Å²) in [6.45, 7) is 13.7. The van der Waals surface area contributed by atoms with Crippen LogP contribution in [0.4, 0.5) is 0 Å². The molecule has 0 N–H and O–H groups in total. The molecule has 146 valence electrons. The van der Waals surface area contributed by atoms with Crippen molar-refractivity contribution in [3.05, 3.63) is 24.3 Å². The number of nitrogens with zero attached hydrogens (tertiary/aromatic N) is 1. The highest BCUT2D eigenvalue weighted by Crippen LogP contribution is 2.66. The fourth-order valence-corrected chi connectivity index (χ4v) is 7.50. The third-order valence-corrected chi connectivity index (χ3v) is 8.56. The first-order chi connectivity index (χ1) is 12.4. The Morgan fingerprint density at radius 3 is 2.65 bits per heavy atom. The van der Waals surface area contributed by atoms with Crippen molar-refractivity contribution in [1.82, 2.24) is 0 Å². The maximum Gasteiger partial charge on any atom is 0.106 e. The molecule has 3 aliphatic rings. The zero-order chi connectivity index (χ0) is 18.9. The topological polar surface area (TPSA) is 21.6 Å². The van der Waals surface area contributed by atoms with Gasteiger partial charge in [-0.3, -0.25) is 0 Å². The minimum atomic E-state index is 0.376. The Bertz CT molecular complexity index is 591. The molecule has 2 heteroatoms. The fraction of sp³-hybridized carbons (Fsp3) is 0.792. The lowest BCUT2D eigenvalue weighted by Gasteiger charge is -2.57. The smallest absolute Gasteiger partial charge is 0.106 e. The van der Waals surface area contributed by atoms with Crippen molar-refractivity contribution < 1.29 is 4.84 Å². The Balaban J connectivity index is 1.91. The van der Waals surface area contributed by atoms with Crippen LogP contribution >= 0.6 is 0 Å². The van der Waals surface area contributed by atoms with E-state index < -0.39 is 0 Å². The lowest BCUT2D eigenvalue weighted by atomic mass is 9.47. The highest BCUT2D eigenvalue weighted by atomic mass is 16.6. The Morgan fingerprint density at radius 2 is 2.00 bits per heavy atom. The zero-order valence-electron chi connectivity index (χ0n) is 17.7. The molecule has 3 aliphatic carbocycles. The summed E-state index contributed by atoms with van der Waals surface area (Å²) in [7, 11) is 1.68. The summed E-state index contributed by atoms with van der Waals surface area (Å²) in [6, 6.07) is 0. The molecule has 6 unspecified atom stereocenters. The Hall–Kier alpha value is -1.05. The SMILES string of the molecule is C=C/C=C1/CCC2C(CCC3(C)C(/C(C)=N/OC)CCC23)C1(C)CCC. The van der Waals surface area contributed by atoms with Gasteiger partial charge in [0.25, 0.3) is 0 Å². The van der Waals surface area contributed by atoms with Crippen LogP contribution in [-0.2, 0) is 4.84 Å². The monoisotopic (exact) mass is 357 g/mol. The number of rotatable bonds is 5. The second kappa shape index (κ2) is 7.52. The molecule has 0 bridgehead atoms. The van der Waals surface area contributed by atoms with E-state index in [1.807, 2.05) is 6.08 Å². The van der Waals surface area contributed by atoms with Crippen molar-refractivity contribution in [2.75, 3.05) is 7.11 Å². The van der Waals surface area contributed by atoms with E-state index in [0.29, 0.717) is 16.7 Å². The highest BCUT2D eigenvalue weighted by Gasteiger charge is 2.58. The summed E-state index contributed by atoms with van der Waals surface area (Å²) in [5, 5.41) is 4.34. The van der Waals surface area contributed by atoms with Crippen LogP contribution in [0, 0.1) is 34.5 Å². The maximum atomic E-state index is 5.12. The highest BCUT2D eigenvalue weighted by molar-refractivity contribution is 5.85. The van der Waals surface area contributed by atoms with Crippen LogP contribution < -0.4 is 0 Å². The van der Waals surface area contributed by atoms with E-state index in [1.165, 1.54) is 57.1 Å². The summed E-state index contributed by atoms with van der Waals surface area (Å²) in [4.78, 5) is 5.12. The van der Waals surface area contributed by atoms with Gasteiger partial charge in [0.15, 0.2) is 0 Å². The van der Waals surface area contributed by atoms with Gasteiger partial charge in [0, 0.05) is 5.92 Å². The van der Waals surface area contributed by atoms with Gasteiger partial charge < -0.3 is 4.84 Å². The first-order valence-electron chi connectivity index (χ1n) is 10.8. The van der Waals surface area contributed by atoms with Crippen LogP contribution in [0.2, 0.25) is 0 Å². The second-order valence-electron chi connectivity index (χ2n) is 9.60. The molecule has 0 aromatic carbocycles. The molecular formula is C24H39NO. The van der Waals surface area contributed by atoms with Crippen LogP contribution in [0.15, 0.2) is 29.5 Å². The van der Waals surface area contributed by atoms with Gasteiger partial charge in [-0.05, 0) is 80.5 Å². The van der Waals surface area contributed by atoms with E-state index >= 15 is 0 Å². The standard InChI is InChI=1S/C24H39NO/c1-7-9-18-10-11-19-21-13-12-20(17(3)25-26-6)24(21,5)16-14-22(19)23(18,4)15-8-2/h7,9,19-22H,1,8,10-16H2,2-6H3/b18-9-,25-17+. The largest absolute Gasteiger partial charge is 0.399 e. The van der Waals surface area contributed by atoms with Crippen molar-refractivity contribution in [2.45, 2.75) is 79.1 Å². The summed E-state index contributed by atoms with van der Waals surface area (Å²) in [5.41, 5.74) is 3.68. The van der Waals surface area contributed by atoms with Gasteiger partial charge in [0.1, 0.15) is 7.11 Å². The summed E-state index contributed by atoms with van der Waals surface area (Å²) in [5.74, 6) is 3.19. The number of hydrogen-bond donors (Lipinski definition) is 0. The van der Waals surface area contributed by atoms with Crippen molar-refractivity contribution in [3.63, 3.8) is 0 Å². The fourth-order valence-electron chi connectivity index (χ4n) is 7.50. The molecule has 2 nitrogen and oxygen atoms in total. The minimum absolute atomic E-state index is 0.376. The molecule has 6 atom stereocenters. The maximum absolute atomic E-state index is 5.12. The average molecular weight is 358 g/mol. The van der Waals surface area contributed by atoms with Gasteiger partial charge >= 0.3 is 0 Å². The normalized spacial score (nSPS) is 44.5. The molecule has 0 heterocycles. The predicted molar refractivity (Wildman–Crippen MR) is 111 cm³/mol. The van der Waals surface area contributed by atoms with Crippen molar-refractivity contribution >= 4 is 5.71 Å². The summed E-state index contributed by atoms with van der Waals surface area (Å²) >= 11 is 0. The summed E-state index contributed by atoms with van der Waals surface area (Å²) < 4.78 is 0. The van der Waals surface area contributed by atoms with Gasteiger partial charge in [-0.2, -0.15) is 0 Å². The number of fused-ring (bicyclic) bond motifs is 3. The average Bonchev–Trinajstić information content (AvgIpc) is 2.95. The Labute approximate surface area is 161 Å². The first kappa shape index (κ1) is 19.7. The van der Waals surface area contributed by atoms with Crippen LogP contribution in [0.25, 0.3) is 0 Å². The number of allylic oxidation sites excluding steroid dienone is 3. The lowest BCUT2D eigenvalue weighted by molar-refractivity contribution is -0.0411. The molecule has 0 spiro atoms. The number of hydrogen-bond acceptors (Lipinski definition) is 2. The van der Waals surface area contributed by atoms with Crippen LogP contribution in [0.5, 0.6) is 0 Å². The van der Waals surface area contributed by atoms with E-state index in [1.54, 1.807) is 12.7 Å². The van der Waals surface area contributed by atoms with E-state index in [-0.39, 0.29) is 0 Å². The molecule has 3 saturated carbocycles. The number of oxime groups is 1. The van der Waals surface area contributed by atoms with E-state index in [2.05, 4.69) is 45.5 Å².